The van der Waals surface area contributed by atoms with Gasteiger partial charge in [0.05, 0.1) is 18.0 Å². The summed E-state index contributed by atoms with van der Waals surface area (Å²) in [6, 6.07) is 0. The lowest BCUT2D eigenvalue weighted by Gasteiger charge is -2.38. The lowest BCUT2D eigenvalue weighted by Crippen LogP contribution is -2.50. The summed E-state index contributed by atoms with van der Waals surface area (Å²) in [5.41, 5.74) is -0.645. The van der Waals surface area contributed by atoms with Crippen LogP contribution in [-0.4, -0.2) is 42.8 Å². The van der Waals surface area contributed by atoms with E-state index in [0.29, 0.717) is 6.54 Å². The average molecular weight is 305 g/mol. The largest absolute Gasteiger partial charge is 0.370 e. The van der Waals surface area contributed by atoms with Crippen molar-refractivity contribution < 1.29 is 13.2 Å². The number of sulfonamides is 1. The van der Waals surface area contributed by atoms with Gasteiger partial charge in [-0.25, -0.2) is 8.42 Å². The van der Waals surface area contributed by atoms with E-state index in [1.807, 2.05) is 20.8 Å². The Morgan fingerprint density at radius 3 is 1.85 bits per heavy atom. The maximum atomic E-state index is 12.0. The molecule has 1 aliphatic rings. The van der Waals surface area contributed by atoms with Crippen molar-refractivity contribution in [1.82, 2.24) is 4.31 Å². The number of nitrogens with zero attached hydrogens (tertiary/aromatic N) is 1. The van der Waals surface area contributed by atoms with Crippen molar-refractivity contribution in [1.29, 1.82) is 0 Å². The Morgan fingerprint density at radius 2 is 1.60 bits per heavy atom. The average Bonchev–Trinajstić information content (AvgIpc) is 2.90. The van der Waals surface area contributed by atoms with E-state index in [1.165, 1.54) is 6.26 Å². The summed E-state index contributed by atoms with van der Waals surface area (Å²) in [6.45, 7) is 14.7. The van der Waals surface area contributed by atoms with E-state index in [0.717, 1.165) is 12.8 Å². The zero-order chi connectivity index (χ0) is 16.0. The number of rotatable bonds is 5. The molecule has 0 bridgehead atoms. The highest BCUT2D eigenvalue weighted by atomic mass is 32.2. The molecule has 0 spiro atoms. The molecule has 0 aromatic carbocycles. The van der Waals surface area contributed by atoms with Gasteiger partial charge in [-0.05, 0) is 46.0 Å². The normalized spacial score (nSPS) is 21.1. The second-order valence-electron chi connectivity index (χ2n) is 8.25. The van der Waals surface area contributed by atoms with Crippen molar-refractivity contribution in [3.63, 3.8) is 0 Å². The van der Waals surface area contributed by atoms with Crippen LogP contribution in [0.15, 0.2) is 0 Å². The fraction of sp³-hybridized carbons (Fsp3) is 1.00. The fourth-order valence-electron chi connectivity index (χ4n) is 2.12. The predicted molar refractivity (Wildman–Crippen MR) is 83.3 cm³/mol. The standard InChI is InChI=1S/C15H31NO3S/c1-12(13(2,3)4)19-15(9-10-15)11-16(14(5,6)7)20(8,17)18/h12H,9-11H2,1-8H3/t12-/m1/s1. The molecule has 1 fully saturated rings. The predicted octanol–water partition coefficient (Wildman–Crippen LogP) is 3.03. The summed E-state index contributed by atoms with van der Waals surface area (Å²) >= 11 is 0. The van der Waals surface area contributed by atoms with Gasteiger partial charge in [0.1, 0.15) is 0 Å². The molecule has 4 nitrogen and oxygen atoms in total. The molecule has 0 aromatic rings. The molecule has 0 amide bonds. The van der Waals surface area contributed by atoms with E-state index in [1.54, 1.807) is 4.31 Å². The van der Waals surface area contributed by atoms with Gasteiger partial charge in [-0.3, -0.25) is 0 Å². The molecule has 1 saturated carbocycles. The van der Waals surface area contributed by atoms with Crippen molar-refractivity contribution in [3.8, 4) is 0 Å². The van der Waals surface area contributed by atoms with E-state index < -0.39 is 15.6 Å². The molecule has 0 unspecified atom stereocenters. The lowest BCUT2D eigenvalue weighted by atomic mass is 9.90. The summed E-state index contributed by atoms with van der Waals surface area (Å²) < 4.78 is 31.9. The molecule has 1 rings (SSSR count). The fourth-order valence-corrected chi connectivity index (χ4v) is 3.58. The first-order valence-corrected chi connectivity index (χ1v) is 9.18. The zero-order valence-electron chi connectivity index (χ0n) is 14.3. The highest BCUT2D eigenvalue weighted by molar-refractivity contribution is 7.88. The summed E-state index contributed by atoms with van der Waals surface area (Å²) in [7, 11) is -3.23. The molecule has 0 heterocycles. The van der Waals surface area contributed by atoms with Gasteiger partial charge in [-0.1, -0.05) is 20.8 Å². The van der Waals surface area contributed by atoms with Crippen molar-refractivity contribution >= 4 is 10.0 Å². The van der Waals surface area contributed by atoms with Crippen molar-refractivity contribution in [2.24, 2.45) is 5.41 Å². The van der Waals surface area contributed by atoms with Gasteiger partial charge < -0.3 is 4.74 Å². The van der Waals surface area contributed by atoms with Crippen molar-refractivity contribution in [3.05, 3.63) is 0 Å². The molecule has 1 aliphatic carbocycles. The topological polar surface area (TPSA) is 46.6 Å². The quantitative estimate of drug-likeness (QED) is 0.784. The molecule has 1 atom stereocenters. The zero-order valence-corrected chi connectivity index (χ0v) is 15.1. The molecule has 0 aliphatic heterocycles. The van der Waals surface area contributed by atoms with Crippen LogP contribution in [0, 0.1) is 5.41 Å². The van der Waals surface area contributed by atoms with Crippen LogP contribution >= 0.6 is 0 Å². The van der Waals surface area contributed by atoms with Crippen LogP contribution in [0.5, 0.6) is 0 Å². The molecule has 5 heteroatoms. The Kier molecular flexibility index (Phi) is 4.71. The first-order chi connectivity index (χ1) is 8.67. The second-order valence-corrected chi connectivity index (χ2v) is 10.2. The van der Waals surface area contributed by atoms with Crippen LogP contribution in [0.3, 0.4) is 0 Å². The lowest BCUT2D eigenvalue weighted by molar-refractivity contribution is -0.0802. The van der Waals surface area contributed by atoms with Crippen molar-refractivity contribution in [2.45, 2.75) is 78.6 Å². The second kappa shape index (κ2) is 5.25. The van der Waals surface area contributed by atoms with Crippen molar-refractivity contribution in [2.75, 3.05) is 12.8 Å². The van der Waals surface area contributed by atoms with Crippen LogP contribution in [0.25, 0.3) is 0 Å². The highest BCUT2D eigenvalue weighted by Gasteiger charge is 2.50. The Labute approximate surface area is 124 Å². The Morgan fingerprint density at radius 1 is 1.15 bits per heavy atom. The summed E-state index contributed by atoms with van der Waals surface area (Å²) in [4.78, 5) is 0. The van der Waals surface area contributed by atoms with Crippen LogP contribution in [-0.2, 0) is 14.8 Å². The molecule has 0 N–H and O–H groups in total. The third-order valence-corrected chi connectivity index (χ3v) is 5.51. The minimum absolute atomic E-state index is 0.0627. The first-order valence-electron chi connectivity index (χ1n) is 7.33. The third kappa shape index (κ3) is 4.71. The maximum Gasteiger partial charge on any atom is 0.211 e. The van der Waals surface area contributed by atoms with E-state index in [2.05, 4.69) is 27.7 Å². The molecular formula is C15H31NO3S. The molecule has 0 saturated heterocycles. The molecule has 120 valence electrons. The molecule has 20 heavy (non-hydrogen) atoms. The van der Waals surface area contributed by atoms with Gasteiger partial charge in [0.2, 0.25) is 10.0 Å². The van der Waals surface area contributed by atoms with Crippen LogP contribution in [0.1, 0.15) is 61.3 Å². The monoisotopic (exact) mass is 305 g/mol. The minimum Gasteiger partial charge on any atom is -0.370 e. The SMILES string of the molecule is C[C@@H](OC1(CN(C(C)(C)C)S(C)(=O)=O)CC1)C(C)(C)C. The van der Waals surface area contributed by atoms with Gasteiger partial charge in [0.25, 0.3) is 0 Å². The van der Waals surface area contributed by atoms with E-state index in [4.69, 9.17) is 4.74 Å². The minimum atomic E-state index is -3.23. The van der Waals surface area contributed by atoms with Crippen LogP contribution in [0.2, 0.25) is 0 Å². The van der Waals surface area contributed by atoms with Gasteiger partial charge in [0, 0.05) is 12.1 Å². The number of hydrogen-bond acceptors (Lipinski definition) is 3. The molecular weight excluding hydrogens is 274 g/mol. The highest BCUT2D eigenvalue weighted by Crippen LogP contribution is 2.44. The molecule has 0 aromatic heterocycles. The summed E-state index contributed by atoms with van der Waals surface area (Å²) in [6.07, 6.45) is 3.26. The third-order valence-electron chi connectivity index (χ3n) is 4.03. The van der Waals surface area contributed by atoms with Gasteiger partial charge in [0.15, 0.2) is 0 Å². The van der Waals surface area contributed by atoms with Crippen LogP contribution in [0.4, 0.5) is 0 Å². The first kappa shape index (κ1) is 17.9. The van der Waals surface area contributed by atoms with Gasteiger partial charge >= 0.3 is 0 Å². The van der Waals surface area contributed by atoms with Gasteiger partial charge in [-0.15, -0.1) is 0 Å². The summed E-state index contributed by atoms with van der Waals surface area (Å²) in [5.74, 6) is 0. The number of ether oxygens (including phenoxy) is 1. The maximum absolute atomic E-state index is 12.0. The van der Waals surface area contributed by atoms with Gasteiger partial charge in [-0.2, -0.15) is 4.31 Å². The summed E-state index contributed by atoms with van der Waals surface area (Å²) in [5, 5.41) is 0. The Bertz CT molecular complexity index is 439. The van der Waals surface area contributed by atoms with E-state index in [9.17, 15) is 8.42 Å². The number of hydrogen-bond donors (Lipinski definition) is 0. The Hall–Kier alpha value is -0.130. The smallest absolute Gasteiger partial charge is 0.211 e. The van der Waals surface area contributed by atoms with Crippen LogP contribution < -0.4 is 0 Å². The molecule has 0 radical (unpaired) electrons. The Balaban J connectivity index is 2.85. The van der Waals surface area contributed by atoms with E-state index >= 15 is 0 Å². The van der Waals surface area contributed by atoms with E-state index in [-0.39, 0.29) is 17.1 Å².